The number of aromatic hydroxyl groups is 1. The standard InChI is InChI=1S/C11H14O3/c1-3-4-5-8(2)10-6-9(12)7-11(13)14-10/h3,6-8,12H,1,4-5H2,2H3. The maximum absolute atomic E-state index is 10.9. The van der Waals surface area contributed by atoms with E-state index in [4.69, 9.17) is 4.42 Å². The lowest BCUT2D eigenvalue weighted by Crippen LogP contribution is -2.01. The second-order valence-electron chi connectivity index (χ2n) is 3.30. The summed E-state index contributed by atoms with van der Waals surface area (Å²) in [6, 6.07) is 2.54. The van der Waals surface area contributed by atoms with Crippen LogP contribution in [0.3, 0.4) is 0 Å². The maximum atomic E-state index is 10.9. The molecule has 0 spiro atoms. The quantitative estimate of drug-likeness (QED) is 0.749. The van der Waals surface area contributed by atoms with Crippen molar-refractivity contribution >= 4 is 0 Å². The van der Waals surface area contributed by atoms with Crippen molar-refractivity contribution in [2.75, 3.05) is 0 Å². The van der Waals surface area contributed by atoms with Gasteiger partial charge in [0.15, 0.2) is 0 Å². The van der Waals surface area contributed by atoms with Crippen LogP contribution in [0, 0.1) is 0 Å². The first-order valence-electron chi connectivity index (χ1n) is 4.58. The molecule has 1 rings (SSSR count). The van der Waals surface area contributed by atoms with Gasteiger partial charge in [-0.3, -0.25) is 0 Å². The third-order valence-electron chi connectivity index (χ3n) is 2.06. The van der Waals surface area contributed by atoms with Crippen molar-refractivity contribution in [3.8, 4) is 5.75 Å². The molecule has 14 heavy (non-hydrogen) atoms. The summed E-state index contributed by atoms with van der Waals surface area (Å²) < 4.78 is 4.97. The zero-order valence-electron chi connectivity index (χ0n) is 8.19. The number of allylic oxidation sites excluding steroid dienone is 1. The van der Waals surface area contributed by atoms with Crippen LogP contribution >= 0.6 is 0 Å². The molecule has 0 aliphatic rings. The summed E-state index contributed by atoms with van der Waals surface area (Å²) in [5.41, 5.74) is -0.509. The highest BCUT2D eigenvalue weighted by Crippen LogP contribution is 2.22. The minimum absolute atomic E-state index is 0.0401. The zero-order valence-corrected chi connectivity index (χ0v) is 8.19. The molecule has 0 bridgehead atoms. The average Bonchev–Trinajstić information content (AvgIpc) is 2.12. The molecule has 0 aliphatic carbocycles. The Morgan fingerprint density at radius 1 is 1.64 bits per heavy atom. The molecule has 1 N–H and O–H groups in total. The maximum Gasteiger partial charge on any atom is 0.339 e. The molecule has 76 valence electrons. The molecule has 3 nitrogen and oxygen atoms in total. The van der Waals surface area contributed by atoms with Crippen LogP contribution in [0.1, 0.15) is 31.4 Å². The SMILES string of the molecule is C=CCCC(C)c1cc(O)cc(=O)o1. The van der Waals surface area contributed by atoms with Crippen LogP contribution in [0.4, 0.5) is 0 Å². The van der Waals surface area contributed by atoms with Crippen LogP contribution in [0.25, 0.3) is 0 Å². The van der Waals surface area contributed by atoms with E-state index in [1.807, 2.05) is 13.0 Å². The van der Waals surface area contributed by atoms with E-state index in [0.717, 1.165) is 18.9 Å². The van der Waals surface area contributed by atoms with Crippen molar-refractivity contribution in [2.45, 2.75) is 25.7 Å². The van der Waals surface area contributed by atoms with E-state index in [2.05, 4.69) is 6.58 Å². The van der Waals surface area contributed by atoms with Crippen molar-refractivity contribution in [3.05, 3.63) is 41.0 Å². The minimum atomic E-state index is -0.509. The first-order valence-corrected chi connectivity index (χ1v) is 4.58. The van der Waals surface area contributed by atoms with E-state index in [1.54, 1.807) is 0 Å². The van der Waals surface area contributed by atoms with E-state index >= 15 is 0 Å². The lowest BCUT2D eigenvalue weighted by molar-refractivity contribution is 0.400. The predicted molar refractivity (Wildman–Crippen MR) is 54.5 cm³/mol. The summed E-state index contributed by atoms with van der Waals surface area (Å²) in [7, 11) is 0. The molecular formula is C11H14O3. The molecule has 0 radical (unpaired) electrons. The van der Waals surface area contributed by atoms with Crippen LogP contribution in [-0.4, -0.2) is 5.11 Å². The van der Waals surface area contributed by atoms with Crippen molar-refractivity contribution < 1.29 is 9.52 Å². The van der Waals surface area contributed by atoms with Gasteiger partial charge in [-0.05, 0) is 12.8 Å². The topological polar surface area (TPSA) is 50.4 Å². The lowest BCUT2D eigenvalue weighted by Gasteiger charge is -2.08. The molecule has 1 aromatic rings. The highest BCUT2D eigenvalue weighted by atomic mass is 16.4. The zero-order chi connectivity index (χ0) is 10.6. The fraction of sp³-hybridized carbons (Fsp3) is 0.364. The van der Waals surface area contributed by atoms with Gasteiger partial charge in [0.2, 0.25) is 0 Å². The van der Waals surface area contributed by atoms with E-state index in [0.29, 0.717) is 5.76 Å². The van der Waals surface area contributed by atoms with Crippen LogP contribution in [-0.2, 0) is 0 Å². The van der Waals surface area contributed by atoms with Crippen molar-refractivity contribution in [1.82, 2.24) is 0 Å². The molecule has 0 saturated heterocycles. The van der Waals surface area contributed by atoms with E-state index in [9.17, 15) is 9.90 Å². The fourth-order valence-corrected chi connectivity index (χ4v) is 1.24. The number of rotatable bonds is 4. The molecule has 1 aromatic heterocycles. The normalized spacial score (nSPS) is 12.4. The Balaban J connectivity index is 2.83. The Labute approximate surface area is 82.7 Å². The highest BCUT2D eigenvalue weighted by Gasteiger charge is 2.09. The monoisotopic (exact) mass is 194 g/mol. The third-order valence-corrected chi connectivity index (χ3v) is 2.06. The predicted octanol–water partition coefficient (Wildman–Crippen LogP) is 2.42. The Bertz CT molecular complexity index is 365. The summed E-state index contributed by atoms with van der Waals surface area (Å²) in [5, 5.41) is 9.19. The second-order valence-corrected chi connectivity index (χ2v) is 3.30. The van der Waals surface area contributed by atoms with Crippen LogP contribution in [0.2, 0.25) is 0 Å². The summed E-state index contributed by atoms with van der Waals surface area (Å²) in [6.45, 7) is 5.57. The van der Waals surface area contributed by atoms with Gasteiger partial charge in [0.25, 0.3) is 0 Å². The van der Waals surface area contributed by atoms with E-state index in [-0.39, 0.29) is 11.7 Å². The second kappa shape index (κ2) is 4.65. The van der Waals surface area contributed by atoms with Crippen molar-refractivity contribution in [2.24, 2.45) is 0 Å². The molecular weight excluding hydrogens is 180 g/mol. The molecule has 0 amide bonds. The van der Waals surface area contributed by atoms with E-state index < -0.39 is 5.63 Å². The summed E-state index contributed by atoms with van der Waals surface area (Å²) in [6.07, 6.45) is 3.54. The van der Waals surface area contributed by atoms with Gasteiger partial charge in [-0.25, -0.2) is 4.79 Å². The minimum Gasteiger partial charge on any atom is -0.508 e. The van der Waals surface area contributed by atoms with Gasteiger partial charge in [0, 0.05) is 12.0 Å². The van der Waals surface area contributed by atoms with E-state index in [1.165, 1.54) is 6.07 Å². The molecule has 1 unspecified atom stereocenters. The number of hydrogen-bond acceptors (Lipinski definition) is 3. The van der Waals surface area contributed by atoms with Crippen LogP contribution in [0.5, 0.6) is 5.75 Å². The van der Waals surface area contributed by atoms with Gasteiger partial charge in [-0.2, -0.15) is 0 Å². The lowest BCUT2D eigenvalue weighted by atomic mass is 10.0. The van der Waals surface area contributed by atoms with Crippen molar-refractivity contribution in [3.63, 3.8) is 0 Å². The Morgan fingerprint density at radius 2 is 2.36 bits per heavy atom. The smallest absolute Gasteiger partial charge is 0.339 e. The molecule has 1 atom stereocenters. The summed E-state index contributed by atoms with van der Waals surface area (Å²) in [4.78, 5) is 10.9. The molecule has 3 heteroatoms. The molecule has 0 fully saturated rings. The largest absolute Gasteiger partial charge is 0.508 e. The Kier molecular flexibility index (Phi) is 3.51. The van der Waals surface area contributed by atoms with Gasteiger partial charge in [-0.1, -0.05) is 13.0 Å². The average molecular weight is 194 g/mol. The molecule has 0 aromatic carbocycles. The third kappa shape index (κ3) is 2.76. The highest BCUT2D eigenvalue weighted by molar-refractivity contribution is 5.20. The Hall–Kier alpha value is -1.51. The first-order chi connectivity index (χ1) is 6.63. The Morgan fingerprint density at radius 3 is 2.93 bits per heavy atom. The van der Waals surface area contributed by atoms with Gasteiger partial charge in [0.1, 0.15) is 11.5 Å². The first kappa shape index (κ1) is 10.6. The van der Waals surface area contributed by atoms with Gasteiger partial charge < -0.3 is 9.52 Å². The van der Waals surface area contributed by atoms with Gasteiger partial charge in [-0.15, -0.1) is 6.58 Å². The number of hydrogen-bond donors (Lipinski definition) is 1. The van der Waals surface area contributed by atoms with Gasteiger partial charge in [0.05, 0.1) is 6.07 Å². The van der Waals surface area contributed by atoms with Crippen LogP contribution < -0.4 is 5.63 Å². The van der Waals surface area contributed by atoms with Gasteiger partial charge >= 0.3 is 5.63 Å². The molecule has 1 heterocycles. The summed E-state index contributed by atoms with van der Waals surface area (Å²) >= 11 is 0. The van der Waals surface area contributed by atoms with Crippen molar-refractivity contribution in [1.29, 1.82) is 0 Å². The fourth-order valence-electron chi connectivity index (χ4n) is 1.24. The summed E-state index contributed by atoms with van der Waals surface area (Å²) in [5.74, 6) is 0.603. The molecule has 0 saturated carbocycles. The van der Waals surface area contributed by atoms with Crippen LogP contribution in [0.15, 0.2) is 34.0 Å². The molecule has 0 aliphatic heterocycles.